The molecular weight excluding hydrogens is 234 g/mol. The molecule has 2 nitrogen and oxygen atoms in total. The monoisotopic (exact) mass is 248 g/mol. The van der Waals surface area contributed by atoms with Crippen molar-refractivity contribution in [1.29, 1.82) is 0 Å². The van der Waals surface area contributed by atoms with Crippen LogP contribution in [0.15, 0.2) is 30.6 Å². The fourth-order valence-electron chi connectivity index (χ4n) is 1.53. The van der Waals surface area contributed by atoms with Crippen molar-refractivity contribution < 1.29 is 8.78 Å². The highest BCUT2D eigenvalue weighted by Gasteiger charge is 2.15. The van der Waals surface area contributed by atoms with Gasteiger partial charge in [0.25, 0.3) is 0 Å². The van der Waals surface area contributed by atoms with E-state index >= 15 is 0 Å². The van der Waals surface area contributed by atoms with E-state index < -0.39 is 11.6 Å². The van der Waals surface area contributed by atoms with E-state index in [-0.39, 0.29) is 16.8 Å². The zero-order valence-corrected chi connectivity index (χ0v) is 10.5. The zero-order valence-electron chi connectivity index (χ0n) is 10.5. The smallest absolute Gasteiger partial charge is 0.162 e. The average Bonchev–Trinajstić information content (AvgIpc) is 2.28. The van der Waals surface area contributed by atoms with Gasteiger partial charge < -0.3 is 0 Å². The first kappa shape index (κ1) is 12.6. The highest BCUT2D eigenvalue weighted by Crippen LogP contribution is 2.23. The van der Waals surface area contributed by atoms with Gasteiger partial charge in [-0.1, -0.05) is 20.8 Å². The van der Waals surface area contributed by atoms with Crippen molar-refractivity contribution in [3.8, 4) is 11.4 Å². The molecule has 18 heavy (non-hydrogen) atoms. The molecule has 0 spiro atoms. The Balaban J connectivity index is 2.41. The lowest BCUT2D eigenvalue weighted by molar-refractivity contribution is 0.581. The third-order valence-electron chi connectivity index (χ3n) is 2.69. The molecule has 0 saturated heterocycles. The second kappa shape index (κ2) is 4.44. The van der Waals surface area contributed by atoms with Gasteiger partial charge in [-0.2, -0.15) is 0 Å². The van der Waals surface area contributed by atoms with Crippen molar-refractivity contribution in [1.82, 2.24) is 9.97 Å². The summed E-state index contributed by atoms with van der Waals surface area (Å²) in [6.45, 7) is 6.14. The summed E-state index contributed by atoms with van der Waals surface area (Å²) in [4.78, 5) is 8.26. The lowest BCUT2D eigenvalue weighted by Crippen LogP contribution is -2.12. The fraction of sp³-hybridized carbons (Fsp3) is 0.286. The summed E-state index contributed by atoms with van der Waals surface area (Å²) in [5, 5.41) is 0. The molecule has 0 fully saturated rings. The Labute approximate surface area is 105 Å². The first-order valence-electron chi connectivity index (χ1n) is 5.66. The molecule has 0 atom stereocenters. The predicted octanol–water partition coefficient (Wildman–Crippen LogP) is 3.72. The Morgan fingerprint density at radius 2 is 1.61 bits per heavy atom. The number of rotatable bonds is 1. The molecule has 0 aliphatic carbocycles. The largest absolute Gasteiger partial charge is 0.236 e. The average molecular weight is 248 g/mol. The first-order valence-corrected chi connectivity index (χ1v) is 5.66. The molecule has 0 aliphatic rings. The summed E-state index contributed by atoms with van der Waals surface area (Å²) < 4.78 is 26.4. The molecule has 0 aliphatic heterocycles. The molecule has 0 unspecified atom stereocenters. The van der Waals surface area contributed by atoms with Gasteiger partial charge in [0.2, 0.25) is 0 Å². The van der Waals surface area contributed by atoms with Gasteiger partial charge in [-0.25, -0.2) is 18.7 Å². The van der Waals surface area contributed by atoms with E-state index in [2.05, 4.69) is 9.97 Å². The summed E-state index contributed by atoms with van der Waals surface area (Å²) in [7, 11) is 0. The lowest BCUT2D eigenvalue weighted by Gasteiger charge is -2.17. The molecular formula is C14H14F2N2. The standard InChI is InChI=1S/C14H14F2N2/c1-14(2,3)9-7-17-13(18-8-9)11-5-4-10(15)6-12(11)16/h4-8H,1-3H3. The number of benzene rings is 1. The minimum absolute atomic E-state index is 0.0557. The van der Waals surface area contributed by atoms with Crippen LogP contribution >= 0.6 is 0 Å². The van der Waals surface area contributed by atoms with Gasteiger partial charge in [0.05, 0.1) is 5.56 Å². The van der Waals surface area contributed by atoms with Crippen LogP contribution in [-0.4, -0.2) is 9.97 Å². The van der Waals surface area contributed by atoms with Gasteiger partial charge in [-0.15, -0.1) is 0 Å². The van der Waals surface area contributed by atoms with Crippen LogP contribution in [0.5, 0.6) is 0 Å². The molecule has 1 aromatic heterocycles. The number of hydrogen-bond acceptors (Lipinski definition) is 2. The van der Waals surface area contributed by atoms with Gasteiger partial charge in [-0.05, 0) is 23.1 Å². The molecule has 94 valence electrons. The third kappa shape index (κ3) is 2.53. The summed E-state index contributed by atoms with van der Waals surface area (Å²) in [6, 6.07) is 3.37. The molecule has 1 aromatic carbocycles. The van der Waals surface area contributed by atoms with Gasteiger partial charge in [0.15, 0.2) is 5.82 Å². The number of nitrogens with zero attached hydrogens (tertiary/aromatic N) is 2. The van der Waals surface area contributed by atoms with Crippen molar-refractivity contribution in [3.63, 3.8) is 0 Å². The summed E-state index contributed by atoms with van der Waals surface area (Å²) >= 11 is 0. The highest BCUT2D eigenvalue weighted by atomic mass is 19.1. The summed E-state index contributed by atoms with van der Waals surface area (Å²) in [5.74, 6) is -0.999. The van der Waals surface area contributed by atoms with Crippen LogP contribution in [0, 0.1) is 11.6 Å². The second-order valence-corrected chi connectivity index (χ2v) is 5.17. The highest BCUT2D eigenvalue weighted by molar-refractivity contribution is 5.55. The first-order chi connectivity index (χ1) is 8.38. The number of hydrogen-bond donors (Lipinski definition) is 0. The molecule has 2 aromatic rings. The molecule has 0 N–H and O–H groups in total. The molecule has 4 heteroatoms. The van der Waals surface area contributed by atoms with Crippen LogP contribution in [0.3, 0.4) is 0 Å². The Hall–Kier alpha value is -1.84. The Bertz CT molecular complexity index is 557. The topological polar surface area (TPSA) is 25.8 Å². The van der Waals surface area contributed by atoms with E-state index in [9.17, 15) is 8.78 Å². The molecule has 0 radical (unpaired) electrons. The van der Waals surface area contributed by atoms with Gasteiger partial charge in [0.1, 0.15) is 11.6 Å². The van der Waals surface area contributed by atoms with E-state index in [0.29, 0.717) is 0 Å². The van der Waals surface area contributed by atoms with Gasteiger partial charge in [-0.3, -0.25) is 0 Å². The molecule has 0 saturated carbocycles. The molecule has 1 heterocycles. The minimum atomic E-state index is -0.654. The van der Waals surface area contributed by atoms with Crippen LogP contribution < -0.4 is 0 Å². The number of halogens is 2. The SMILES string of the molecule is CC(C)(C)c1cnc(-c2ccc(F)cc2F)nc1. The van der Waals surface area contributed by atoms with E-state index in [1.165, 1.54) is 12.1 Å². The summed E-state index contributed by atoms with van der Waals surface area (Å²) in [5.41, 5.74) is 1.12. The van der Waals surface area contributed by atoms with E-state index in [0.717, 1.165) is 11.6 Å². The van der Waals surface area contributed by atoms with E-state index in [4.69, 9.17) is 0 Å². The van der Waals surface area contributed by atoms with Crippen molar-refractivity contribution in [3.05, 3.63) is 47.8 Å². The summed E-state index contributed by atoms with van der Waals surface area (Å²) in [6.07, 6.45) is 3.34. The zero-order chi connectivity index (χ0) is 13.3. The molecule has 0 amide bonds. The van der Waals surface area contributed by atoms with Crippen LogP contribution in [0.2, 0.25) is 0 Å². The van der Waals surface area contributed by atoms with Crippen molar-refractivity contribution in [2.75, 3.05) is 0 Å². The number of aromatic nitrogens is 2. The Morgan fingerprint density at radius 1 is 1.00 bits per heavy atom. The van der Waals surface area contributed by atoms with Crippen molar-refractivity contribution in [2.45, 2.75) is 26.2 Å². The molecule has 2 rings (SSSR count). The Morgan fingerprint density at radius 3 is 2.11 bits per heavy atom. The normalized spacial score (nSPS) is 11.6. The van der Waals surface area contributed by atoms with E-state index in [1.807, 2.05) is 20.8 Å². The maximum Gasteiger partial charge on any atom is 0.162 e. The van der Waals surface area contributed by atoms with Crippen molar-refractivity contribution in [2.24, 2.45) is 0 Å². The van der Waals surface area contributed by atoms with E-state index in [1.54, 1.807) is 12.4 Å². The van der Waals surface area contributed by atoms with Crippen LogP contribution in [0.1, 0.15) is 26.3 Å². The van der Waals surface area contributed by atoms with Crippen LogP contribution in [-0.2, 0) is 5.41 Å². The second-order valence-electron chi connectivity index (χ2n) is 5.17. The quantitative estimate of drug-likeness (QED) is 0.768. The molecule has 0 bridgehead atoms. The van der Waals surface area contributed by atoms with Crippen molar-refractivity contribution >= 4 is 0 Å². The lowest BCUT2D eigenvalue weighted by atomic mass is 9.89. The Kier molecular flexibility index (Phi) is 3.11. The van der Waals surface area contributed by atoms with Gasteiger partial charge in [0, 0.05) is 18.5 Å². The maximum absolute atomic E-state index is 13.6. The maximum atomic E-state index is 13.6. The predicted molar refractivity (Wildman–Crippen MR) is 66.1 cm³/mol. The minimum Gasteiger partial charge on any atom is -0.236 e. The van der Waals surface area contributed by atoms with Crippen LogP contribution in [0.25, 0.3) is 11.4 Å². The van der Waals surface area contributed by atoms with Crippen LogP contribution in [0.4, 0.5) is 8.78 Å². The fourth-order valence-corrected chi connectivity index (χ4v) is 1.53. The van der Waals surface area contributed by atoms with Gasteiger partial charge >= 0.3 is 0 Å². The third-order valence-corrected chi connectivity index (χ3v) is 2.69.